The average molecular weight is 124 g/mol. The van der Waals surface area contributed by atoms with Crippen LogP contribution >= 0.6 is 0 Å². The molecule has 0 aromatic carbocycles. The number of nitrogens with zero attached hydrogens (tertiary/aromatic N) is 2. The first kappa shape index (κ1) is 5.68. The van der Waals surface area contributed by atoms with E-state index >= 15 is 0 Å². The Morgan fingerprint density at radius 3 is 2.67 bits per heavy atom. The summed E-state index contributed by atoms with van der Waals surface area (Å²) in [6, 6.07) is 0. The normalized spacial score (nSPS) is 8.89. The zero-order valence-electron chi connectivity index (χ0n) is 4.61. The van der Waals surface area contributed by atoms with Gasteiger partial charge in [-0.05, 0) is 0 Å². The van der Waals surface area contributed by atoms with E-state index < -0.39 is 5.91 Å². The van der Waals surface area contributed by atoms with Crippen molar-refractivity contribution in [2.24, 2.45) is 5.73 Å². The molecule has 1 aromatic heterocycles. The monoisotopic (exact) mass is 124 g/mol. The predicted molar refractivity (Wildman–Crippen MR) is 30.5 cm³/mol. The van der Waals surface area contributed by atoms with E-state index in [4.69, 9.17) is 5.73 Å². The second-order valence-corrected chi connectivity index (χ2v) is 1.45. The molecule has 1 aromatic rings. The molecule has 0 saturated heterocycles. The fourth-order valence-electron chi connectivity index (χ4n) is 0.426. The van der Waals surface area contributed by atoms with Crippen LogP contribution in [0.15, 0.2) is 18.6 Å². The Morgan fingerprint density at radius 1 is 1.56 bits per heavy atom. The van der Waals surface area contributed by atoms with Crippen molar-refractivity contribution in [1.82, 2.24) is 9.97 Å². The van der Waals surface area contributed by atoms with Crippen LogP contribution in [0, 0.1) is 0 Å². The van der Waals surface area contributed by atoms with Gasteiger partial charge in [-0.1, -0.05) is 0 Å². The molecule has 46 valence electrons. The van der Waals surface area contributed by atoms with Gasteiger partial charge < -0.3 is 5.73 Å². The summed E-state index contributed by atoms with van der Waals surface area (Å²) < 4.78 is 0. The second kappa shape index (κ2) is 2.21. The summed E-state index contributed by atoms with van der Waals surface area (Å²) in [6.07, 6.45) is 4.22. The van der Waals surface area contributed by atoms with Gasteiger partial charge in [-0.2, -0.15) is 0 Å². The van der Waals surface area contributed by atoms with E-state index in [1.807, 2.05) is 0 Å². The Hall–Kier alpha value is -1.45. The third-order valence-electron chi connectivity index (χ3n) is 0.816. The molecule has 4 heteroatoms. The van der Waals surface area contributed by atoms with Gasteiger partial charge in [-0.3, -0.25) is 9.78 Å². The molecule has 0 bridgehead atoms. The number of rotatable bonds is 1. The van der Waals surface area contributed by atoms with Crippen molar-refractivity contribution in [3.63, 3.8) is 0 Å². The maximum Gasteiger partial charge on any atom is 0.268 e. The fourth-order valence-corrected chi connectivity index (χ4v) is 0.426. The number of aromatic nitrogens is 2. The molecule has 1 rings (SSSR count). The summed E-state index contributed by atoms with van der Waals surface area (Å²) in [4.78, 5) is 17.6. The smallest absolute Gasteiger partial charge is 0.268 e. The van der Waals surface area contributed by atoms with E-state index in [9.17, 15) is 4.79 Å². The Labute approximate surface area is 51.7 Å². The number of nitrogens with two attached hydrogens (primary N) is 1. The van der Waals surface area contributed by atoms with Crippen molar-refractivity contribution in [1.29, 1.82) is 0 Å². The molecule has 0 aliphatic rings. The minimum atomic E-state index is -0.553. The van der Waals surface area contributed by atoms with Crippen LogP contribution in [0.2, 0.25) is 0 Å². The minimum absolute atomic E-state index is 0.192. The molecule has 0 saturated carbocycles. The first-order valence-electron chi connectivity index (χ1n) is 2.36. The lowest BCUT2D eigenvalue weighted by Gasteiger charge is -1.87. The van der Waals surface area contributed by atoms with Gasteiger partial charge >= 0.3 is 0 Å². The van der Waals surface area contributed by atoms with Crippen LogP contribution in [-0.2, 0) is 0 Å². The van der Waals surface area contributed by atoms with Gasteiger partial charge in [0, 0.05) is 12.4 Å². The summed E-state index contributed by atoms with van der Waals surface area (Å²) in [5, 5.41) is 0. The number of hydrogen-bond donors (Lipinski definition) is 1. The largest absolute Gasteiger partial charge is 0.364 e. The Morgan fingerprint density at radius 2 is 2.33 bits per heavy atom. The summed E-state index contributed by atoms with van der Waals surface area (Å²) in [5.74, 6) is -0.553. The predicted octanol–water partition coefficient (Wildman–Crippen LogP) is -0.425. The second-order valence-electron chi connectivity index (χ2n) is 1.45. The van der Waals surface area contributed by atoms with Crippen LogP contribution in [0.25, 0.3) is 0 Å². The zero-order valence-corrected chi connectivity index (χ0v) is 4.61. The van der Waals surface area contributed by atoms with E-state index in [1.54, 1.807) is 0 Å². The first-order valence-corrected chi connectivity index (χ1v) is 2.36. The third-order valence-corrected chi connectivity index (χ3v) is 0.816. The van der Waals surface area contributed by atoms with Crippen molar-refractivity contribution in [3.05, 3.63) is 24.3 Å². The summed E-state index contributed by atoms with van der Waals surface area (Å²) >= 11 is 0. The Balaban J connectivity index is 2.98. The van der Waals surface area contributed by atoms with Gasteiger partial charge in [0.15, 0.2) is 0 Å². The van der Waals surface area contributed by atoms with Crippen LogP contribution in [0.3, 0.4) is 0 Å². The van der Waals surface area contributed by atoms with E-state index in [0.717, 1.165) is 0 Å². The van der Waals surface area contributed by atoms with Crippen molar-refractivity contribution in [2.45, 2.75) is 0 Å². The molecule has 9 heavy (non-hydrogen) atoms. The molecule has 1 amide bonds. The van der Waals surface area contributed by atoms with Crippen molar-refractivity contribution < 1.29 is 4.79 Å². The topological polar surface area (TPSA) is 68.9 Å². The molecule has 4 nitrogen and oxygen atoms in total. The van der Waals surface area contributed by atoms with Gasteiger partial charge in [0.1, 0.15) is 5.69 Å². The molecular weight excluding hydrogens is 119 g/mol. The molecule has 2 N–H and O–H groups in total. The fraction of sp³-hybridized carbons (Fsp3) is 0. The molecule has 1 heterocycles. The summed E-state index contributed by atoms with van der Waals surface area (Å²) in [5.41, 5.74) is 5.06. The zero-order chi connectivity index (χ0) is 6.69. The van der Waals surface area contributed by atoms with Crippen LogP contribution in [0.1, 0.15) is 10.5 Å². The van der Waals surface area contributed by atoms with Gasteiger partial charge in [-0.15, -0.1) is 0 Å². The molecule has 0 aliphatic heterocycles. The van der Waals surface area contributed by atoms with E-state index in [1.165, 1.54) is 18.6 Å². The lowest BCUT2D eigenvalue weighted by Crippen LogP contribution is -2.12. The van der Waals surface area contributed by atoms with Gasteiger partial charge in [0.05, 0.1) is 6.20 Å². The van der Waals surface area contributed by atoms with Gasteiger partial charge in [0.2, 0.25) is 0 Å². The van der Waals surface area contributed by atoms with Crippen LogP contribution < -0.4 is 5.73 Å². The van der Waals surface area contributed by atoms with Crippen molar-refractivity contribution in [2.75, 3.05) is 0 Å². The highest BCUT2D eigenvalue weighted by Gasteiger charge is 1.97. The molecule has 0 aliphatic carbocycles. The standard InChI is InChI=1S/C5H5N3O/c6-5(9)4-3-7-1-2-8-4/h1-3H,(H2,6,9)/i5+1. The van der Waals surface area contributed by atoms with Crippen LogP contribution in [0.4, 0.5) is 0 Å². The Kier molecular flexibility index (Phi) is 1.40. The van der Waals surface area contributed by atoms with E-state index in [-0.39, 0.29) is 5.69 Å². The lowest BCUT2D eigenvalue weighted by atomic mass is 10.6. The number of carbonyl (C=O) groups is 1. The van der Waals surface area contributed by atoms with Crippen LogP contribution in [0.5, 0.6) is 0 Å². The molecular formula is C5H5N3O. The van der Waals surface area contributed by atoms with Gasteiger partial charge in [0.25, 0.3) is 5.91 Å². The number of carbonyl (C=O) groups excluding carboxylic acids is 1. The molecule has 0 fully saturated rings. The highest BCUT2D eigenvalue weighted by atomic mass is 16.2. The molecule has 0 atom stereocenters. The Bertz CT molecular complexity index is 209. The molecule has 0 unspecified atom stereocenters. The highest BCUT2D eigenvalue weighted by molar-refractivity contribution is 5.90. The lowest BCUT2D eigenvalue weighted by molar-refractivity contribution is 0.0995. The number of amides is 1. The minimum Gasteiger partial charge on any atom is -0.364 e. The summed E-state index contributed by atoms with van der Waals surface area (Å²) in [7, 11) is 0. The average Bonchev–Trinajstić information content (AvgIpc) is 1.90. The van der Waals surface area contributed by atoms with Crippen LogP contribution in [-0.4, -0.2) is 15.9 Å². The van der Waals surface area contributed by atoms with Gasteiger partial charge in [-0.25, -0.2) is 4.98 Å². The SMILES string of the molecule is N[13C](=O)c1cnccn1. The van der Waals surface area contributed by atoms with E-state index in [2.05, 4.69) is 9.97 Å². The third kappa shape index (κ3) is 1.22. The quantitative estimate of drug-likeness (QED) is 0.517. The number of hydrogen-bond acceptors (Lipinski definition) is 3. The first-order chi connectivity index (χ1) is 4.30. The van der Waals surface area contributed by atoms with E-state index in [0.29, 0.717) is 0 Å². The number of primary amides is 1. The maximum absolute atomic E-state index is 10.3. The molecule has 0 radical (unpaired) electrons. The maximum atomic E-state index is 10.3. The van der Waals surface area contributed by atoms with Crippen molar-refractivity contribution in [3.8, 4) is 0 Å². The highest BCUT2D eigenvalue weighted by Crippen LogP contribution is 1.84. The van der Waals surface area contributed by atoms with Crippen molar-refractivity contribution >= 4 is 5.91 Å². The molecule has 0 spiro atoms. The summed E-state index contributed by atoms with van der Waals surface area (Å²) in [6.45, 7) is 0.